The molecule has 0 fully saturated rings. The van der Waals surface area contributed by atoms with Crippen LogP contribution in [-0.4, -0.2) is 4.98 Å². The maximum absolute atomic E-state index is 4.60. The van der Waals surface area contributed by atoms with Crippen molar-refractivity contribution in [3.63, 3.8) is 0 Å². The third-order valence-electron chi connectivity index (χ3n) is 0.809. The van der Waals surface area contributed by atoms with Gasteiger partial charge in [-0.15, -0.1) is 12.3 Å². The van der Waals surface area contributed by atoms with Gasteiger partial charge in [0.1, 0.15) is 0 Å². The average Bonchev–Trinajstić information content (AvgIpc) is 1.91. The predicted octanol–water partition coefficient (Wildman–Crippen LogP) is 2.19. The van der Waals surface area contributed by atoms with Crippen LogP contribution in [0, 0.1) is 19.3 Å². The van der Waals surface area contributed by atoms with Crippen molar-refractivity contribution in [1.29, 1.82) is 0 Å². The van der Waals surface area contributed by atoms with Crippen LogP contribution >= 0.6 is 0 Å². The Morgan fingerprint density at radius 3 is 2.27 bits per heavy atom. The molecule has 2 heteroatoms. The van der Waals surface area contributed by atoms with E-state index in [0.717, 1.165) is 0 Å². The van der Waals surface area contributed by atoms with Gasteiger partial charge < -0.3 is 6.15 Å². The van der Waals surface area contributed by atoms with E-state index in [9.17, 15) is 0 Å². The van der Waals surface area contributed by atoms with Crippen LogP contribution in [0.1, 0.15) is 12.5 Å². The Labute approximate surface area is 68.3 Å². The first-order chi connectivity index (χ1) is 4.81. The third kappa shape index (κ3) is 8.67. The molecule has 0 atom stereocenters. The Kier molecular flexibility index (Phi) is 9.74. The second-order valence-corrected chi connectivity index (χ2v) is 1.82. The number of nitrogens with zero attached hydrogens (tertiary/aromatic N) is 1. The van der Waals surface area contributed by atoms with Crippen LogP contribution in [0.15, 0.2) is 24.5 Å². The van der Waals surface area contributed by atoms with Crippen molar-refractivity contribution < 1.29 is 0 Å². The summed E-state index contributed by atoms with van der Waals surface area (Å²) in [5.74, 6) is 2.25. The van der Waals surface area contributed by atoms with Gasteiger partial charge in [0.2, 0.25) is 0 Å². The molecule has 1 heterocycles. The zero-order valence-corrected chi connectivity index (χ0v) is 7.04. The van der Waals surface area contributed by atoms with Gasteiger partial charge in [0.25, 0.3) is 0 Å². The maximum Gasteiger partial charge on any atom is 0.0297 e. The molecular weight excluding hydrogens is 136 g/mol. The van der Waals surface area contributed by atoms with Gasteiger partial charge in [0, 0.05) is 12.4 Å². The molecule has 0 amide bonds. The lowest BCUT2D eigenvalue weighted by atomic mass is 10.3. The van der Waals surface area contributed by atoms with E-state index in [1.54, 1.807) is 13.1 Å². The number of hydrogen-bond donors (Lipinski definition) is 1. The summed E-state index contributed by atoms with van der Waals surface area (Å²) in [7, 11) is 0. The van der Waals surface area contributed by atoms with Crippen molar-refractivity contribution in [3.8, 4) is 12.3 Å². The highest BCUT2D eigenvalue weighted by molar-refractivity contribution is 5.04. The molecule has 11 heavy (non-hydrogen) atoms. The summed E-state index contributed by atoms with van der Waals surface area (Å²) in [5.41, 5.74) is 1.21. The minimum atomic E-state index is 0. The molecule has 0 aliphatic heterocycles. The topological polar surface area (TPSA) is 47.9 Å². The number of aryl methyl sites for hydroxylation is 1. The molecule has 2 nitrogen and oxygen atoms in total. The molecule has 0 aliphatic carbocycles. The van der Waals surface area contributed by atoms with Gasteiger partial charge in [-0.2, -0.15) is 0 Å². The molecule has 0 bridgehead atoms. The van der Waals surface area contributed by atoms with Crippen LogP contribution in [-0.2, 0) is 0 Å². The number of pyridine rings is 1. The van der Waals surface area contributed by atoms with Crippen molar-refractivity contribution in [3.05, 3.63) is 30.1 Å². The largest absolute Gasteiger partial charge is 0.344 e. The number of terminal acetylenes is 1. The second kappa shape index (κ2) is 8.67. The van der Waals surface area contributed by atoms with E-state index in [0.29, 0.717) is 0 Å². The summed E-state index contributed by atoms with van der Waals surface area (Å²) < 4.78 is 0. The van der Waals surface area contributed by atoms with Crippen LogP contribution in [0.3, 0.4) is 0 Å². The first-order valence-electron chi connectivity index (χ1n) is 3.05. The quantitative estimate of drug-likeness (QED) is 0.576. The van der Waals surface area contributed by atoms with Gasteiger partial charge in [-0.05, 0) is 25.5 Å². The van der Waals surface area contributed by atoms with Gasteiger partial charge in [0.05, 0.1) is 0 Å². The zero-order chi connectivity index (χ0) is 7.82. The number of aromatic nitrogens is 1. The summed E-state index contributed by atoms with van der Waals surface area (Å²) in [6.45, 7) is 3.67. The van der Waals surface area contributed by atoms with Gasteiger partial charge in [0.15, 0.2) is 0 Å². The Bertz CT molecular complexity index is 199. The molecule has 3 N–H and O–H groups in total. The number of hydrogen-bond acceptors (Lipinski definition) is 2. The van der Waals surface area contributed by atoms with Crippen molar-refractivity contribution in [2.24, 2.45) is 0 Å². The summed E-state index contributed by atoms with van der Waals surface area (Å²) in [5, 5.41) is 0. The summed E-state index contributed by atoms with van der Waals surface area (Å²) in [4.78, 5) is 3.88. The minimum absolute atomic E-state index is 0. The van der Waals surface area contributed by atoms with Crippen LogP contribution in [0.25, 0.3) is 0 Å². The molecule has 0 aliphatic rings. The van der Waals surface area contributed by atoms with E-state index in [1.807, 2.05) is 25.3 Å². The lowest BCUT2D eigenvalue weighted by Gasteiger charge is -1.82. The highest BCUT2D eigenvalue weighted by Gasteiger charge is 1.73. The molecule has 0 saturated heterocycles. The molecule has 60 valence electrons. The summed E-state index contributed by atoms with van der Waals surface area (Å²) in [6.07, 6.45) is 8.20. The monoisotopic (exact) mass is 150 g/mol. The fourth-order valence-corrected chi connectivity index (χ4v) is 0.448. The molecule has 1 aromatic heterocycles. The van der Waals surface area contributed by atoms with Gasteiger partial charge in [-0.3, -0.25) is 4.98 Å². The smallest absolute Gasteiger partial charge is 0.0297 e. The van der Waals surface area contributed by atoms with Crippen LogP contribution < -0.4 is 6.15 Å². The van der Waals surface area contributed by atoms with Crippen molar-refractivity contribution in [2.75, 3.05) is 0 Å². The summed E-state index contributed by atoms with van der Waals surface area (Å²) >= 11 is 0. The Hall–Kier alpha value is -1.33. The molecule has 1 aromatic rings. The molecular formula is C9H14N2. The molecule has 0 unspecified atom stereocenters. The number of rotatable bonds is 0. The predicted molar refractivity (Wildman–Crippen MR) is 48.5 cm³/mol. The SMILES string of the molecule is C#CC.Cc1cccnc1.N. The van der Waals surface area contributed by atoms with E-state index < -0.39 is 0 Å². The van der Waals surface area contributed by atoms with E-state index in [4.69, 9.17) is 0 Å². The first-order valence-corrected chi connectivity index (χ1v) is 3.05. The Balaban J connectivity index is 0. The fraction of sp³-hybridized carbons (Fsp3) is 0.222. The molecule has 0 radical (unpaired) electrons. The van der Waals surface area contributed by atoms with Crippen molar-refractivity contribution in [1.82, 2.24) is 11.1 Å². The molecule has 0 saturated carbocycles. The second-order valence-electron chi connectivity index (χ2n) is 1.82. The molecule has 1 rings (SSSR count). The molecule has 0 aromatic carbocycles. The lowest BCUT2D eigenvalue weighted by molar-refractivity contribution is 1.27. The van der Waals surface area contributed by atoms with Crippen molar-refractivity contribution >= 4 is 0 Å². The highest BCUT2D eigenvalue weighted by atomic mass is 14.6. The lowest BCUT2D eigenvalue weighted by Crippen LogP contribution is -1.69. The van der Waals surface area contributed by atoms with Crippen molar-refractivity contribution in [2.45, 2.75) is 13.8 Å². The first kappa shape index (κ1) is 12.4. The highest BCUT2D eigenvalue weighted by Crippen LogP contribution is 1.88. The normalized spacial score (nSPS) is 6.27. The van der Waals surface area contributed by atoms with Gasteiger partial charge in [-0.1, -0.05) is 6.07 Å². The standard InChI is InChI=1S/C6H7N.C3H4.H3N/c1-6-3-2-4-7-5-6;1-3-2;/h2-5H,1H3;1H,2H3;1H3. The average molecular weight is 150 g/mol. The van der Waals surface area contributed by atoms with E-state index in [-0.39, 0.29) is 6.15 Å². The van der Waals surface area contributed by atoms with Crippen LogP contribution in [0.2, 0.25) is 0 Å². The Morgan fingerprint density at radius 2 is 2.09 bits per heavy atom. The Morgan fingerprint density at radius 1 is 1.55 bits per heavy atom. The van der Waals surface area contributed by atoms with Gasteiger partial charge >= 0.3 is 0 Å². The summed E-state index contributed by atoms with van der Waals surface area (Å²) in [6, 6.07) is 3.95. The van der Waals surface area contributed by atoms with Gasteiger partial charge in [-0.25, -0.2) is 0 Å². The van der Waals surface area contributed by atoms with Crippen LogP contribution in [0.4, 0.5) is 0 Å². The van der Waals surface area contributed by atoms with Crippen LogP contribution in [0.5, 0.6) is 0 Å². The van der Waals surface area contributed by atoms with E-state index in [1.165, 1.54) is 5.56 Å². The third-order valence-corrected chi connectivity index (χ3v) is 0.809. The fourth-order valence-electron chi connectivity index (χ4n) is 0.448. The maximum atomic E-state index is 4.60. The van der Waals surface area contributed by atoms with E-state index in [2.05, 4.69) is 17.3 Å². The van der Waals surface area contributed by atoms with E-state index >= 15 is 0 Å². The molecule has 0 spiro atoms. The minimum Gasteiger partial charge on any atom is -0.344 e. The zero-order valence-electron chi connectivity index (χ0n) is 7.04.